The number of hydrogen-bond donors (Lipinski definition) is 0. The molecule has 12 nitrogen and oxygen atoms in total. The van der Waals surface area contributed by atoms with E-state index in [2.05, 4.69) is 0 Å². The van der Waals surface area contributed by atoms with Gasteiger partial charge in [0.05, 0.1) is 46.5 Å². The highest BCUT2D eigenvalue weighted by Crippen LogP contribution is 2.68. The van der Waals surface area contributed by atoms with Gasteiger partial charge in [-0.15, -0.1) is 0 Å². The number of fused-ring (bicyclic) bond motifs is 1. The molecule has 1 aliphatic heterocycles. The van der Waals surface area contributed by atoms with E-state index in [0.29, 0.717) is 0 Å². The first-order chi connectivity index (χ1) is 20.9. The fourth-order valence-electron chi connectivity index (χ4n) is 7.69. The summed E-state index contributed by atoms with van der Waals surface area (Å²) in [4.78, 5) is 52.7. The molecule has 3 fully saturated rings. The second-order valence-electron chi connectivity index (χ2n) is 12.5. The van der Waals surface area contributed by atoms with Crippen molar-refractivity contribution in [3.63, 3.8) is 0 Å². The molecule has 3 aromatic rings. The lowest BCUT2D eigenvalue weighted by atomic mass is 9.48. The Hall–Kier alpha value is -4.32. The van der Waals surface area contributed by atoms with E-state index in [1.54, 1.807) is 6.92 Å². The summed E-state index contributed by atoms with van der Waals surface area (Å²) in [5, 5.41) is 0. The Bertz CT molecular complexity index is 1520. The highest BCUT2D eigenvalue weighted by atomic mass is 16.6. The van der Waals surface area contributed by atoms with Crippen LogP contribution in [0.25, 0.3) is 0 Å². The molecule has 6 rings (SSSR count). The molecule has 3 aromatic heterocycles. The van der Waals surface area contributed by atoms with E-state index in [1.165, 1.54) is 62.7 Å². The summed E-state index contributed by atoms with van der Waals surface area (Å²) in [6, 6.07) is 4.45. The number of hydrogen-bond acceptors (Lipinski definition) is 12. The summed E-state index contributed by atoms with van der Waals surface area (Å²) in [5.74, 6) is -3.48. The lowest BCUT2D eigenvalue weighted by Crippen LogP contribution is -2.76. The average molecular weight is 611 g/mol. The van der Waals surface area contributed by atoms with Crippen LogP contribution in [0.3, 0.4) is 0 Å². The lowest BCUT2D eigenvalue weighted by molar-refractivity contribution is -0.300. The molecule has 234 valence electrons. The van der Waals surface area contributed by atoms with Crippen molar-refractivity contribution in [3.05, 3.63) is 72.5 Å². The summed E-state index contributed by atoms with van der Waals surface area (Å²) in [7, 11) is 0. The largest absolute Gasteiger partial charge is 0.472 e. The van der Waals surface area contributed by atoms with Crippen LogP contribution in [0.5, 0.6) is 0 Å². The van der Waals surface area contributed by atoms with Crippen molar-refractivity contribution < 1.29 is 56.1 Å². The highest BCUT2D eigenvalue weighted by molar-refractivity contribution is 5.90. The standard InChI is InChI=1S/C32H34O12/c1-17-12-23(41-27(34)19-6-9-37-14-19)26(40-18(2)33)31(5)24(42-28(35)20-7-10-38-15-20)13-22-25(32(17,31)44-30(22,3)4)43-29(36)21-8-11-39-16-21/h6-11,14-17,22-26H,12-13H2,1-5H3. The number of rotatable bonds is 7. The second-order valence-corrected chi connectivity index (χ2v) is 12.5. The molecule has 8 atom stereocenters. The number of furan rings is 3. The van der Waals surface area contributed by atoms with Gasteiger partial charge < -0.3 is 36.9 Å². The van der Waals surface area contributed by atoms with Crippen molar-refractivity contribution in [1.82, 2.24) is 0 Å². The molecule has 2 bridgehead atoms. The first kappa shape index (κ1) is 29.7. The molecule has 44 heavy (non-hydrogen) atoms. The third-order valence-corrected chi connectivity index (χ3v) is 9.64. The van der Waals surface area contributed by atoms with Gasteiger partial charge in [-0.2, -0.15) is 0 Å². The third kappa shape index (κ3) is 4.54. The Morgan fingerprint density at radius 1 is 0.727 bits per heavy atom. The minimum absolute atomic E-state index is 0.182. The van der Waals surface area contributed by atoms with E-state index < -0.39 is 76.7 Å². The van der Waals surface area contributed by atoms with Crippen LogP contribution < -0.4 is 0 Å². The number of carbonyl (C=O) groups excluding carboxylic acids is 4. The zero-order valence-corrected chi connectivity index (χ0v) is 25.0. The molecule has 0 N–H and O–H groups in total. The molecule has 12 heteroatoms. The molecule has 2 saturated carbocycles. The van der Waals surface area contributed by atoms with E-state index >= 15 is 0 Å². The summed E-state index contributed by atoms with van der Waals surface area (Å²) in [6.45, 7) is 8.71. The van der Waals surface area contributed by atoms with Gasteiger partial charge >= 0.3 is 23.9 Å². The molecule has 4 heterocycles. The normalized spacial score (nSPS) is 33.6. The molecular formula is C32H34O12. The summed E-state index contributed by atoms with van der Waals surface area (Å²) >= 11 is 0. The van der Waals surface area contributed by atoms with Gasteiger partial charge in [0.25, 0.3) is 0 Å². The SMILES string of the molecule is CC(=O)OC1C(OC(=O)c2ccoc2)CC(C)C23OC(C)(C)C(CC(OC(=O)c4ccoc4)C12C)C3OC(=O)c1ccoc1. The minimum atomic E-state index is -1.39. The maximum atomic E-state index is 13.4. The molecule has 1 saturated heterocycles. The Balaban J connectivity index is 1.48. The van der Waals surface area contributed by atoms with Crippen molar-refractivity contribution in [3.8, 4) is 0 Å². The second kappa shape index (κ2) is 10.7. The number of esters is 4. The topological polar surface area (TPSA) is 154 Å². The van der Waals surface area contributed by atoms with E-state index in [0.717, 1.165) is 0 Å². The van der Waals surface area contributed by atoms with Crippen molar-refractivity contribution in [2.75, 3.05) is 0 Å². The van der Waals surface area contributed by atoms with Gasteiger partial charge in [-0.1, -0.05) is 6.92 Å². The Morgan fingerprint density at radius 3 is 1.75 bits per heavy atom. The molecule has 0 radical (unpaired) electrons. The van der Waals surface area contributed by atoms with Crippen LogP contribution in [-0.2, 0) is 28.5 Å². The summed E-state index contributed by atoms with van der Waals surface area (Å²) in [5.41, 5.74) is -3.00. The van der Waals surface area contributed by atoms with E-state index in [9.17, 15) is 19.2 Å². The fraction of sp³-hybridized carbons (Fsp3) is 0.500. The van der Waals surface area contributed by atoms with Crippen molar-refractivity contribution >= 4 is 23.9 Å². The van der Waals surface area contributed by atoms with E-state index in [1.807, 2.05) is 20.8 Å². The number of carbonyl (C=O) groups is 4. The quantitative estimate of drug-likeness (QED) is 0.262. The van der Waals surface area contributed by atoms with Gasteiger partial charge in [0.15, 0.2) is 6.10 Å². The van der Waals surface area contributed by atoms with Crippen molar-refractivity contribution in [2.45, 2.75) is 83.1 Å². The highest BCUT2D eigenvalue weighted by Gasteiger charge is 2.80. The maximum Gasteiger partial charge on any atom is 0.341 e. The zero-order valence-electron chi connectivity index (χ0n) is 25.0. The van der Waals surface area contributed by atoms with Gasteiger partial charge in [0.2, 0.25) is 0 Å². The first-order valence-corrected chi connectivity index (χ1v) is 14.5. The first-order valence-electron chi connectivity index (χ1n) is 14.5. The van der Waals surface area contributed by atoms with Crippen LogP contribution in [0.4, 0.5) is 0 Å². The predicted molar refractivity (Wildman–Crippen MR) is 147 cm³/mol. The fourth-order valence-corrected chi connectivity index (χ4v) is 7.69. The van der Waals surface area contributed by atoms with E-state index in [-0.39, 0.29) is 29.5 Å². The minimum Gasteiger partial charge on any atom is -0.472 e. The van der Waals surface area contributed by atoms with Crippen LogP contribution in [-0.4, -0.2) is 59.5 Å². The zero-order chi connectivity index (χ0) is 31.4. The molecule has 2 aliphatic carbocycles. The Labute approximate surface area is 252 Å². The average Bonchev–Trinajstić information content (AvgIpc) is 3.77. The van der Waals surface area contributed by atoms with Crippen molar-refractivity contribution in [1.29, 1.82) is 0 Å². The Morgan fingerprint density at radius 2 is 1.25 bits per heavy atom. The molecule has 1 spiro atoms. The lowest BCUT2D eigenvalue weighted by Gasteiger charge is -2.62. The van der Waals surface area contributed by atoms with Crippen molar-refractivity contribution in [2.24, 2.45) is 17.3 Å². The van der Waals surface area contributed by atoms with Crippen LogP contribution >= 0.6 is 0 Å². The third-order valence-electron chi connectivity index (χ3n) is 9.64. The van der Waals surface area contributed by atoms with Crippen LogP contribution in [0.15, 0.2) is 69.0 Å². The summed E-state index contributed by atoms with van der Waals surface area (Å²) in [6.07, 6.45) is 4.35. The monoisotopic (exact) mass is 610 g/mol. The molecule has 0 amide bonds. The van der Waals surface area contributed by atoms with Gasteiger partial charge in [-0.05, 0) is 57.7 Å². The summed E-state index contributed by atoms with van der Waals surface area (Å²) < 4.78 is 46.7. The van der Waals surface area contributed by atoms with Crippen LogP contribution in [0, 0.1) is 17.3 Å². The van der Waals surface area contributed by atoms with Crippen LogP contribution in [0.1, 0.15) is 78.5 Å². The van der Waals surface area contributed by atoms with Crippen LogP contribution in [0.2, 0.25) is 0 Å². The predicted octanol–water partition coefficient (Wildman–Crippen LogP) is 4.99. The molecular weight excluding hydrogens is 576 g/mol. The molecule has 3 aliphatic rings. The van der Waals surface area contributed by atoms with E-state index in [4.69, 9.17) is 36.9 Å². The molecule has 8 unspecified atom stereocenters. The van der Waals surface area contributed by atoms with Gasteiger partial charge in [0.1, 0.15) is 42.7 Å². The smallest absolute Gasteiger partial charge is 0.341 e. The van der Waals surface area contributed by atoms with Gasteiger partial charge in [0, 0.05) is 12.8 Å². The van der Waals surface area contributed by atoms with Gasteiger partial charge in [-0.25, -0.2) is 14.4 Å². The Kier molecular flexibility index (Phi) is 7.22. The number of ether oxygens (including phenoxy) is 5. The molecule has 0 aromatic carbocycles. The maximum absolute atomic E-state index is 13.4. The van der Waals surface area contributed by atoms with Gasteiger partial charge in [-0.3, -0.25) is 4.79 Å².